The van der Waals surface area contributed by atoms with E-state index in [1.807, 2.05) is 6.92 Å². The number of carbonyl (C=O) groups is 1. The molecule has 0 unspecified atom stereocenters. The first-order valence-electron chi connectivity index (χ1n) is 6.35. The Morgan fingerprint density at radius 1 is 1.33 bits per heavy atom. The van der Waals surface area contributed by atoms with Crippen molar-refractivity contribution in [2.75, 3.05) is 5.32 Å². The zero-order valence-electron chi connectivity index (χ0n) is 10.8. The van der Waals surface area contributed by atoms with Crippen LogP contribution in [0, 0.1) is 5.92 Å². The lowest BCUT2D eigenvalue weighted by molar-refractivity contribution is -0.120. The van der Waals surface area contributed by atoms with Crippen LogP contribution >= 0.6 is 23.2 Å². The van der Waals surface area contributed by atoms with Crippen molar-refractivity contribution in [1.82, 2.24) is 0 Å². The predicted octanol–water partition coefficient (Wildman–Crippen LogP) is 5.15. The van der Waals surface area contributed by atoms with Gasteiger partial charge in [0.2, 0.25) is 5.91 Å². The van der Waals surface area contributed by atoms with Crippen molar-refractivity contribution in [2.45, 2.75) is 39.5 Å². The molecule has 0 radical (unpaired) electrons. The molecule has 1 aromatic rings. The van der Waals surface area contributed by atoms with Gasteiger partial charge in [0.05, 0.1) is 15.7 Å². The van der Waals surface area contributed by atoms with Crippen molar-refractivity contribution in [1.29, 1.82) is 0 Å². The molecule has 0 aliphatic carbocycles. The molecule has 18 heavy (non-hydrogen) atoms. The average molecular weight is 288 g/mol. The van der Waals surface area contributed by atoms with E-state index in [0.29, 0.717) is 15.7 Å². The standard InChI is InChI=1S/C14H19Cl2NO/c1-3-5-7-10(4-2)14(18)17-12-9-6-8-11(15)13(12)16/h6,8-10H,3-5,7H2,1-2H3,(H,17,18)/t10-/m1/s1. The number of nitrogens with one attached hydrogen (secondary N) is 1. The summed E-state index contributed by atoms with van der Waals surface area (Å²) in [5, 5.41) is 3.71. The van der Waals surface area contributed by atoms with Crippen molar-refractivity contribution >= 4 is 34.8 Å². The smallest absolute Gasteiger partial charge is 0.227 e. The summed E-state index contributed by atoms with van der Waals surface area (Å²) in [6, 6.07) is 5.24. The van der Waals surface area contributed by atoms with Gasteiger partial charge >= 0.3 is 0 Å². The van der Waals surface area contributed by atoms with Crippen LogP contribution in [-0.2, 0) is 4.79 Å². The second-order valence-corrected chi connectivity index (χ2v) is 5.12. The summed E-state index contributed by atoms with van der Waals surface area (Å²) in [4.78, 5) is 12.1. The van der Waals surface area contributed by atoms with Crippen molar-refractivity contribution in [3.05, 3.63) is 28.2 Å². The lowest BCUT2D eigenvalue weighted by atomic mass is 9.98. The van der Waals surface area contributed by atoms with E-state index in [4.69, 9.17) is 23.2 Å². The minimum absolute atomic E-state index is 0.0233. The highest BCUT2D eigenvalue weighted by atomic mass is 35.5. The molecule has 1 aromatic carbocycles. The first kappa shape index (κ1) is 15.3. The Balaban J connectivity index is 2.70. The molecule has 0 aliphatic heterocycles. The number of amides is 1. The number of hydrogen-bond donors (Lipinski definition) is 1. The number of unbranched alkanes of at least 4 members (excludes halogenated alkanes) is 1. The molecular formula is C14H19Cl2NO. The van der Waals surface area contributed by atoms with Crippen LogP contribution in [0.2, 0.25) is 10.0 Å². The molecule has 1 amide bonds. The van der Waals surface area contributed by atoms with Crippen molar-refractivity contribution in [3.63, 3.8) is 0 Å². The minimum Gasteiger partial charge on any atom is -0.324 e. The fourth-order valence-electron chi connectivity index (χ4n) is 1.81. The maximum atomic E-state index is 12.1. The van der Waals surface area contributed by atoms with Crippen molar-refractivity contribution in [3.8, 4) is 0 Å². The third-order valence-electron chi connectivity index (χ3n) is 2.98. The third kappa shape index (κ3) is 4.18. The zero-order chi connectivity index (χ0) is 13.5. The van der Waals surface area contributed by atoms with Crippen LogP contribution in [0.1, 0.15) is 39.5 Å². The molecule has 0 saturated heterocycles. The summed E-state index contributed by atoms with van der Waals surface area (Å²) in [7, 11) is 0. The number of carbonyl (C=O) groups excluding carboxylic acids is 1. The van der Waals surface area contributed by atoms with E-state index in [1.54, 1.807) is 18.2 Å². The van der Waals surface area contributed by atoms with Gasteiger partial charge in [-0.15, -0.1) is 0 Å². The summed E-state index contributed by atoms with van der Waals surface area (Å²) in [6.07, 6.45) is 3.91. The Labute approximate surface area is 119 Å². The highest BCUT2D eigenvalue weighted by molar-refractivity contribution is 6.43. The summed E-state index contributed by atoms with van der Waals surface area (Å²) in [6.45, 7) is 4.15. The van der Waals surface area contributed by atoms with Gasteiger partial charge in [0.15, 0.2) is 0 Å². The monoisotopic (exact) mass is 287 g/mol. The van der Waals surface area contributed by atoms with Gasteiger partial charge in [-0.2, -0.15) is 0 Å². The fraction of sp³-hybridized carbons (Fsp3) is 0.500. The highest BCUT2D eigenvalue weighted by Gasteiger charge is 2.17. The largest absolute Gasteiger partial charge is 0.324 e. The maximum absolute atomic E-state index is 12.1. The van der Waals surface area contributed by atoms with Gasteiger partial charge in [0, 0.05) is 5.92 Å². The molecule has 1 N–H and O–H groups in total. The quantitative estimate of drug-likeness (QED) is 0.770. The van der Waals surface area contributed by atoms with E-state index in [-0.39, 0.29) is 11.8 Å². The van der Waals surface area contributed by atoms with Crippen LogP contribution in [0.3, 0.4) is 0 Å². The van der Waals surface area contributed by atoms with Crippen molar-refractivity contribution in [2.24, 2.45) is 5.92 Å². The molecule has 0 aromatic heterocycles. The molecule has 100 valence electrons. The number of hydrogen-bond acceptors (Lipinski definition) is 1. The van der Waals surface area contributed by atoms with E-state index >= 15 is 0 Å². The normalized spacial score (nSPS) is 12.2. The molecular weight excluding hydrogens is 269 g/mol. The third-order valence-corrected chi connectivity index (χ3v) is 3.80. The number of benzene rings is 1. The van der Waals surface area contributed by atoms with Gasteiger partial charge < -0.3 is 5.32 Å². The van der Waals surface area contributed by atoms with E-state index in [9.17, 15) is 4.79 Å². The van der Waals surface area contributed by atoms with E-state index < -0.39 is 0 Å². The van der Waals surface area contributed by atoms with Crippen LogP contribution in [0.4, 0.5) is 5.69 Å². The van der Waals surface area contributed by atoms with Crippen LogP contribution in [-0.4, -0.2) is 5.91 Å². The van der Waals surface area contributed by atoms with E-state index in [2.05, 4.69) is 12.2 Å². The van der Waals surface area contributed by atoms with Gasteiger partial charge in [-0.3, -0.25) is 4.79 Å². The molecule has 2 nitrogen and oxygen atoms in total. The Morgan fingerprint density at radius 2 is 2.06 bits per heavy atom. The van der Waals surface area contributed by atoms with Crippen LogP contribution in [0.25, 0.3) is 0 Å². The SMILES string of the molecule is CCCC[C@@H](CC)C(=O)Nc1cccc(Cl)c1Cl. The lowest BCUT2D eigenvalue weighted by Crippen LogP contribution is -2.22. The molecule has 0 fully saturated rings. The Kier molecular flexibility index (Phi) is 6.51. The Morgan fingerprint density at radius 3 is 2.67 bits per heavy atom. The molecule has 0 heterocycles. The van der Waals surface area contributed by atoms with E-state index in [0.717, 1.165) is 25.7 Å². The average Bonchev–Trinajstić information content (AvgIpc) is 2.36. The molecule has 4 heteroatoms. The van der Waals surface area contributed by atoms with Gasteiger partial charge in [-0.05, 0) is 25.0 Å². The summed E-state index contributed by atoms with van der Waals surface area (Å²) in [5.41, 5.74) is 0.587. The second kappa shape index (κ2) is 7.65. The summed E-state index contributed by atoms with van der Waals surface area (Å²) < 4.78 is 0. The summed E-state index contributed by atoms with van der Waals surface area (Å²) >= 11 is 12.0. The van der Waals surface area contributed by atoms with Crippen LogP contribution in [0.5, 0.6) is 0 Å². The Bertz CT molecular complexity index is 407. The summed E-state index contributed by atoms with van der Waals surface area (Å²) in [5.74, 6) is 0.0649. The molecule has 0 bridgehead atoms. The first-order valence-corrected chi connectivity index (χ1v) is 7.10. The topological polar surface area (TPSA) is 29.1 Å². The molecule has 1 rings (SSSR count). The predicted molar refractivity (Wildman–Crippen MR) is 78.4 cm³/mol. The minimum atomic E-state index is 0.0233. The second-order valence-electron chi connectivity index (χ2n) is 4.34. The van der Waals surface area contributed by atoms with Gasteiger partial charge in [0.25, 0.3) is 0 Å². The van der Waals surface area contributed by atoms with Crippen LogP contribution < -0.4 is 5.32 Å². The fourth-order valence-corrected chi connectivity index (χ4v) is 2.15. The van der Waals surface area contributed by atoms with Gasteiger partial charge in [-0.25, -0.2) is 0 Å². The van der Waals surface area contributed by atoms with Gasteiger partial charge in [-0.1, -0.05) is 56.0 Å². The highest BCUT2D eigenvalue weighted by Crippen LogP contribution is 2.30. The van der Waals surface area contributed by atoms with Crippen LogP contribution in [0.15, 0.2) is 18.2 Å². The maximum Gasteiger partial charge on any atom is 0.227 e. The number of anilines is 1. The lowest BCUT2D eigenvalue weighted by Gasteiger charge is -2.15. The molecule has 0 saturated carbocycles. The first-order chi connectivity index (χ1) is 8.60. The Hall–Kier alpha value is -0.730. The van der Waals surface area contributed by atoms with Gasteiger partial charge in [0.1, 0.15) is 0 Å². The van der Waals surface area contributed by atoms with Crippen molar-refractivity contribution < 1.29 is 4.79 Å². The zero-order valence-corrected chi connectivity index (χ0v) is 12.3. The molecule has 0 aliphatic rings. The molecule has 1 atom stereocenters. The number of halogens is 2. The molecule has 0 spiro atoms. The van der Waals surface area contributed by atoms with E-state index in [1.165, 1.54) is 0 Å². The number of rotatable bonds is 6.